The van der Waals surface area contributed by atoms with Crippen molar-refractivity contribution >= 4 is 5.95 Å². The van der Waals surface area contributed by atoms with Crippen LogP contribution in [0.2, 0.25) is 0 Å². The molecule has 0 spiro atoms. The maximum Gasteiger partial charge on any atom is 0.222 e. The maximum absolute atomic E-state index is 4.39. The van der Waals surface area contributed by atoms with Gasteiger partial charge >= 0.3 is 0 Å². The largest absolute Gasteiger partial charge is 0.357 e. The zero-order valence-corrected chi connectivity index (χ0v) is 7.46. The van der Waals surface area contributed by atoms with Crippen LogP contribution in [-0.2, 0) is 0 Å². The molecule has 1 saturated carbocycles. The summed E-state index contributed by atoms with van der Waals surface area (Å²) in [4.78, 5) is 8.63. The van der Waals surface area contributed by atoms with Crippen molar-refractivity contribution in [3.8, 4) is 0 Å². The highest BCUT2D eigenvalue weighted by Gasteiger charge is 2.25. The number of hydrogen-bond acceptors (Lipinski definition) is 3. The summed E-state index contributed by atoms with van der Waals surface area (Å²) in [5.41, 5.74) is 2.25. The molecule has 0 aliphatic heterocycles. The molecule has 1 aliphatic rings. The lowest BCUT2D eigenvalue weighted by atomic mass is 10.2. The summed E-state index contributed by atoms with van der Waals surface area (Å²) in [5, 5.41) is 2.97. The quantitative estimate of drug-likeness (QED) is 0.721. The molecule has 0 saturated heterocycles. The van der Waals surface area contributed by atoms with Crippen LogP contribution in [0.4, 0.5) is 5.95 Å². The second-order valence-corrected chi connectivity index (χ2v) is 3.28. The zero-order valence-electron chi connectivity index (χ0n) is 7.46. The minimum Gasteiger partial charge on any atom is -0.357 e. The second kappa shape index (κ2) is 2.73. The number of aromatic nitrogens is 2. The van der Waals surface area contributed by atoms with Crippen LogP contribution in [0.25, 0.3) is 0 Å². The molecule has 12 heavy (non-hydrogen) atoms. The summed E-state index contributed by atoms with van der Waals surface area (Å²) >= 11 is 0. The van der Waals surface area contributed by atoms with Crippen LogP contribution in [0.3, 0.4) is 0 Å². The van der Waals surface area contributed by atoms with Gasteiger partial charge in [0.2, 0.25) is 5.95 Å². The molecular formula is C9H13N3. The van der Waals surface area contributed by atoms with Crippen molar-refractivity contribution in [2.24, 2.45) is 0 Å². The molecule has 3 nitrogen and oxygen atoms in total. The Hall–Kier alpha value is -1.12. The van der Waals surface area contributed by atoms with E-state index in [-0.39, 0.29) is 0 Å². The molecule has 1 fully saturated rings. The third-order valence-electron chi connectivity index (χ3n) is 2.09. The zero-order chi connectivity index (χ0) is 8.55. The Morgan fingerprint density at radius 1 is 1.42 bits per heavy atom. The lowest BCUT2D eigenvalue weighted by Crippen LogP contribution is -2.00. The van der Waals surface area contributed by atoms with E-state index in [4.69, 9.17) is 0 Å². The molecule has 2 rings (SSSR count). The van der Waals surface area contributed by atoms with E-state index < -0.39 is 0 Å². The minimum atomic E-state index is 0.707. The van der Waals surface area contributed by atoms with Crippen LogP contribution >= 0.6 is 0 Å². The van der Waals surface area contributed by atoms with Gasteiger partial charge in [0.15, 0.2) is 0 Å². The lowest BCUT2D eigenvalue weighted by molar-refractivity contribution is 0.968. The van der Waals surface area contributed by atoms with Crippen LogP contribution in [0.15, 0.2) is 6.07 Å². The summed E-state index contributed by atoms with van der Waals surface area (Å²) in [5.74, 6) is 1.45. The van der Waals surface area contributed by atoms with Gasteiger partial charge in [-0.15, -0.1) is 0 Å². The predicted molar refractivity (Wildman–Crippen MR) is 48.3 cm³/mol. The van der Waals surface area contributed by atoms with Crippen molar-refractivity contribution in [3.05, 3.63) is 17.5 Å². The van der Waals surface area contributed by atoms with Crippen LogP contribution in [0, 0.1) is 6.92 Å². The van der Waals surface area contributed by atoms with Gasteiger partial charge in [0.25, 0.3) is 0 Å². The van der Waals surface area contributed by atoms with Gasteiger partial charge in [0.05, 0.1) is 0 Å². The van der Waals surface area contributed by atoms with Gasteiger partial charge in [-0.3, -0.25) is 0 Å². The van der Waals surface area contributed by atoms with Crippen molar-refractivity contribution in [2.75, 3.05) is 12.4 Å². The number of hydrogen-bond donors (Lipinski definition) is 1. The van der Waals surface area contributed by atoms with E-state index in [0.29, 0.717) is 5.92 Å². The highest BCUT2D eigenvalue weighted by Crippen LogP contribution is 2.39. The lowest BCUT2D eigenvalue weighted by Gasteiger charge is -2.03. The number of anilines is 1. The van der Waals surface area contributed by atoms with Gasteiger partial charge < -0.3 is 5.32 Å². The van der Waals surface area contributed by atoms with E-state index >= 15 is 0 Å². The third kappa shape index (κ3) is 1.40. The molecule has 1 aliphatic carbocycles. The number of rotatable bonds is 2. The van der Waals surface area contributed by atoms with Crippen LogP contribution in [-0.4, -0.2) is 17.0 Å². The number of aryl methyl sites for hydroxylation is 1. The molecule has 0 aromatic carbocycles. The molecule has 0 amide bonds. The fraction of sp³-hybridized carbons (Fsp3) is 0.556. The standard InChI is InChI=1S/C9H13N3/c1-6-5-8(7-3-4-7)12-9(10-2)11-6/h5,7H,3-4H2,1-2H3,(H,10,11,12). The first-order chi connectivity index (χ1) is 5.79. The first-order valence-electron chi connectivity index (χ1n) is 4.33. The third-order valence-corrected chi connectivity index (χ3v) is 2.09. The Morgan fingerprint density at radius 2 is 2.17 bits per heavy atom. The van der Waals surface area contributed by atoms with Crippen molar-refractivity contribution in [1.82, 2.24) is 9.97 Å². The number of nitrogens with zero attached hydrogens (tertiary/aromatic N) is 2. The fourth-order valence-electron chi connectivity index (χ4n) is 1.29. The molecule has 0 bridgehead atoms. The summed E-state index contributed by atoms with van der Waals surface area (Å²) in [7, 11) is 1.85. The number of nitrogens with one attached hydrogen (secondary N) is 1. The Bertz CT molecular complexity index is 292. The average Bonchev–Trinajstić information content (AvgIpc) is 2.85. The van der Waals surface area contributed by atoms with Gasteiger partial charge in [-0.25, -0.2) is 9.97 Å². The maximum atomic E-state index is 4.39. The molecule has 3 heteroatoms. The van der Waals surface area contributed by atoms with Crippen molar-refractivity contribution in [2.45, 2.75) is 25.7 Å². The first-order valence-corrected chi connectivity index (χ1v) is 4.33. The molecule has 64 valence electrons. The Balaban J connectivity index is 2.34. The Labute approximate surface area is 72.2 Å². The van der Waals surface area contributed by atoms with E-state index in [1.807, 2.05) is 14.0 Å². The van der Waals surface area contributed by atoms with Crippen LogP contribution in [0.5, 0.6) is 0 Å². The summed E-state index contributed by atoms with van der Waals surface area (Å²) in [6.07, 6.45) is 2.58. The SMILES string of the molecule is CNc1nc(C)cc(C2CC2)n1. The normalized spacial score (nSPS) is 16.2. The predicted octanol–water partition coefficient (Wildman–Crippen LogP) is 1.70. The smallest absolute Gasteiger partial charge is 0.222 e. The van der Waals surface area contributed by atoms with Crippen molar-refractivity contribution in [3.63, 3.8) is 0 Å². The van der Waals surface area contributed by atoms with Gasteiger partial charge in [-0.05, 0) is 25.8 Å². The monoisotopic (exact) mass is 163 g/mol. The van der Waals surface area contributed by atoms with Crippen molar-refractivity contribution < 1.29 is 0 Å². The second-order valence-electron chi connectivity index (χ2n) is 3.28. The average molecular weight is 163 g/mol. The molecule has 0 radical (unpaired) electrons. The first kappa shape index (κ1) is 7.53. The molecule has 0 atom stereocenters. The Kier molecular flexibility index (Phi) is 1.71. The van der Waals surface area contributed by atoms with E-state index in [0.717, 1.165) is 11.6 Å². The van der Waals surface area contributed by atoms with E-state index in [2.05, 4.69) is 21.4 Å². The molecule has 1 heterocycles. The fourth-order valence-corrected chi connectivity index (χ4v) is 1.29. The minimum absolute atomic E-state index is 0.707. The van der Waals surface area contributed by atoms with Crippen LogP contribution in [0.1, 0.15) is 30.1 Å². The van der Waals surface area contributed by atoms with Gasteiger partial charge in [-0.1, -0.05) is 0 Å². The molecule has 1 N–H and O–H groups in total. The summed E-state index contributed by atoms with van der Waals surface area (Å²) in [6.45, 7) is 2.01. The summed E-state index contributed by atoms with van der Waals surface area (Å²) in [6, 6.07) is 2.08. The highest BCUT2D eigenvalue weighted by molar-refractivity contribution is 5.29. The molecule has 1 aromatic rings. The van der Waals surface area contributed by atoms with E-state index in [9.17, 15) is 0 Å². The summed E-state index contributed by atoms with van der Waals surface area (Å²) < 4.78 is 0. The van der Waals surface area contributed by atoms with Gasteiger partial charge in [0.1, 0.15) is 0 Å². The van der Waals surface area contributed by atoms with E-state index in [1.54, 1.807) is 0 Å². The van der Waals surface area contributed by atoms with Gasteiger partial charge in [-0.2, -0.15) is 0 Å². The van der Waals surface area contributed by atoms with E-state index in [1.165, 1.54) is 18.5 Å². The van der Waals surface area contributed by atoms with Crippen molar-refractivity contribution in [1.29, 1.82) is 0 Å². The Morgan fingerprint density at radius 3 is 2.75 bits per heavy atom. The molecule has 0 unspecified atom stereocenters. The molecular weight excluding hydrogens is 150 g/mol. The van der Waals surface area contributed by atoms with Crippen LogP contribution < -0.4 is 5.32 Å². The molecule has 1 aromatic heterocycles. The topological polar surface area (TPSA) is 37.8 Å². The van der Waals surface area contributed by atoms with Gasteiger partial charge in [0, 0.05) is 24.4 Å². The highest BCUT2D eigenvalue weighted by atomic mass is 15.1.